The van der Waals surface area contributed by atoms with Crippen LogP contribution in [-0.4, -0.2) is 61.0 Å². The molecule has 0 aliphatic carbocycles. The van der Waals surface area contributed by atoms with E-state index in [2.05, 4.69) is 4.90 Å². The first-order chi connectivity index (χ1) is 13.5. The average molecular weight is 390 g/mol. The molecule has 1 amide bonds. The second kappa shape index (κ2) is 9.50. The van der Waals surface area contributed by atoms with E-state index in [1.54, 1.807) is 30.0 Å². The Bertz CT molecular complexity index is 690. The monoisotopic (exact) mass is 390 g/mol. The summed E-state index contributed by atoms with van der Waals surface area (Å²) in [4.78, 5) is 29.8. The maximum Gasteiger partial charge on any atom is 0.314 e. The largest absolute Gasteiger partial charge is 0.466 e. The number of esters is 1. The summed E-state index contributed by atoms with van der Waals surface area (Å²) in [5, 5.41) is 0. The van der Waals surface area contributed by atoms with Gasteiger partial charge in [-0.25, -0.2) is 4.39 Å². The van der Waals surface area contributed by atoms with Crippen LogP contribution in [-0.2, 0) is 20.7 Å². The minimum absolute atomic E-state index is 0.0591. The van der Waals surface area contributed by atoms with Gasteiger partial charge in [-0.3, -0.25) is 14.5 Å². The summed E-state index contributed by atoms with van der Waals surface area (Å²) in [6, 6.07) is 6.55. The van der Waals surface area contributed by atoms with Crippen molar-refractivity contribution in [2.45, 2.75) is 45.4 Å². The average Bonchev–Trinajstić information content (AvgIpc) is 2.71. The van der Waals surface area contributed by atoms with Crippen LogP contribution in [0, 0.1) is 11.2 Å². The Morgan fingerprint density at radius 3 is 2.57 bits per heavy atom. The second-order valence-corrected chi connectivity index (χ2v) is 8.02. The number of likely N-dealkylation sites (tertiary alicyclic amines) is 2. The molecule has 2 heterocycles. The lowest BCUT2D eigenvalue weighted by molar-refractivity contribution is -0.161. The lowest BCUT2D eigenvalue weighted by Gasteiger charge is -2.42. The number of rotatable bonds is 6. The highest BCUT2D eigenvalue weighted by Gasteiger charge is 2.45. The van der Waals surface area contributed by atoms with E-state index in [0.29, 0.717) is 31.6 Å². The van der Waals surface area contributed by atoms with E-state index in [-0.39, 0.29) is 30.7 Å². The summed E-state index contributed by atoms with van der Waals surface area (Å²) >= 11 is 0. The van der Waals surface area contributed by atoms with Crippen LogP contribution in [0.4, 0.5) is 4.39 Å². The molecule has 2 fully saturated rings. The molecule has 0 unspecified atom stereocenters. The highest BCUT2D eigenvalue weighted by molar-refractivity contribution is 5.82. The number of piperidine rings is 2. The van der Waals surface area contributed by atoms with Crippen LogP contribution in [0.15, 0.2) is 24.3 Å². The van der Waals surface area contributed by atoms with Gasteiger partial charge in [-0.05, 0) is 63.7 Å². The first kappa shape index (κ1) is 20.8. The van der Waals surface area contributed by atoms with Crippen molar-refractivity contribution in [3.05, 3.63) is 35.6 Å². The maximum atomic E-state index is 14.3. The van der Waals surface area contributed by atoms with Crippen LogP contribution in [0.3, 0.4) is 0 Å². The van der Waals surface area contributed by atoms with Crippen molar-refractivity contribution in [2.75, 3.05) is 39.3 Å². The zero-order chi connectivity index (χ0) is 20.0. The van der Waals surface area contributed by atoms with Crippen molar-refractivity contribution < 1.29 is 18.7 Å². The van der Waals surface area contributed by atoms with Gasteiger partial charge in [0.05, 0.1) is 18.6 Å². The first-order valence-corrected chi connectivity index (χ1v) is 10.4. The van der Waals surface area contributed by atoms with E-state index in [1.807, 2.05) is 0 Å². The Kier molecular flexibility index (Phi) is 7.05. The summed E-state index contributed by atoms with van der Waals surface area (Å²) in [6.45, 7) is 5.31. The Balaban J connectivity index is 1.76. The van der Waals surface area contributed by atoms with Gasteiger partial charge in [0, 0.05) is 13.1 Å². The standard InChI is InChI=1S/C22H31FN2O3/c1-2-28-21(27)22(15-18-9-4-5-10-19(18)23)11-8-14-25(17-22)20(26)16-24-12-6-3-7-13-24/h4-5,9-10H,2-3,6-8,11-17H2,1H3/t22-/m0/s1. The molecule has 2 aliphatic rings. The van der Waals surface area contributed by atoms with Gasteiger partial charge in [-0.1, -0.05) is 24.6 Å². The van der Waals surface area contributed by atoms with Gasteiger partial charge in [0.15, 0.2) is 0 Å². The fourth-order valence-electron chi connectivity index (χ4n) is 4.43. The molecule has 0 radical (unpaired) electrons. The zero-order valence-electron chi connectivity index (χ0n) is 16.8. The number of halogens is 1. The minimum Gasteiger partial charge on any atom is -0.466 e. The number of amides is 1. The molecule has 3 rings (SSSR count). The summed E-state index contributed by atoms with van der Waals surface area (Å²) in [6.07, 6.45) is 5.07. The minimum atomic E-state index is -0.881. The predicted octanol–water partition coefficient (Wildman–Crippen LogP) is 3.03. The van der Waals surface area contributed by atoms with E-state index >= 15 is 0 Å². The number of benzene rings is 1. The van der Waals surface area contributed by atoms with Gasteiger partial charge in [0.25, 0.3) is 0 Å². The van der Waals surface area contributed by atoms with Crippen LogP contribution in [0.2, 0.25) is 0 Å². The molecule has 0 bridgehead atoms. The van der Waals surface area contributed by atoms with E-state index in [4.69, 9.17) is 4.74 Å². The molecule has 2 aliphatic heterocycles. The number of nitrogens with zero attached hydrogens (tertiary/aromatic N) is 2. The zero-order valence-corrected chi connectivity index (χ0v) is 16.8. The quantitative estimate of drug-likeness (QED) is 0.701. The van der Waals surface area contributed by atoms with E-state index in [1.165, 1.54) is 12.5 Å². The fraction of sp³-hybridized carbons (Fsp3) is 0.636. The molecule has 1 aromatic rings. The highest BCUT2D eigenvalue weighted by atomic mass is 19.1. The summed E-state index contributed by atoms with van der Waals surface area (Å²) in [5.41, 5.74) is -0.380. The van der Waals surface area contributed by atoms with Crippen LogP contribution in [0.25, 0.3) is 0 Å². The van der Waals surface area contributed by atoms with E-state index < -0.39 is 5.41 Å². The Labute approximate surface area is 166 Å². The number of ether oxygens (including phenoxy) is 1. The van der Waals surface area contributed by atoms with Crippen LogP contribution >= 0.6 is 0 Å². The molecule has 0 N–H and O–H groups in total. The molecule has 1 atom stereocenters. The van der Waals surface area contributed by atoms with Crippen molar-refractivity contribution in [2.24, 2.45) is 5.41 Å². The second-order valence-electron chi connectivity index (χ2n) is 8.02. The van der Waals surface area contributed by atoms with Crippen molar-refractivity contribution in [3.63, 3.8) is 0 Å². The third-order valence-electron chi connectivity index (χ3n) is 5.93. The number of carbonyl (C=O) groups excluding carboxylic acids is 2. The lowest BCUT2D eigenvalue weighted by atomic mass is 9.75. The molecule has 6 heteroatoms. The molecule has 28 heavy (non-hydrogen) atoms. The molecule has 0 spiro atoms. The van der Waals surface area contributed by atoms with Gasteiger partial charge < -0.3 is 9.64 Å². The molecule has 154 valence electrons. The Hall–Kier alpha value is -1.95. The number of hydrogen-bond donors (Lipinski definition) is 0. The van der Waals surface area contributed by atoms with Gasteiger partial charge >= 0.3 is 5.97 Å². The molecule has 2 saturated heterocycles. The van der Waals surface area contributed by atoms with Crippen molar-refractivity contribution >= 4 is 11.9 Å². The van der Waals surface area contributed by atoms with Gasteiger partial charge in [0.1, 0.15) is 5.82 Å². The predicted molar refractivity (Wildman–Crippen MR) is 105 cm³/mol. The molecular formula is C22H31FN2O3. The van der Waals surface area contributed by atoms with Gasteiger partial charge in [-0.2, -0.15) is 0 Å². The smallest absolute Gasteiger partial charge is 0.314 e. The van der Waals surface area contributed by atoms with Gasteiger partial charge in [-0.15, -0.1) is 0 Å². The highest BCUT2D eigenvalue weighted by Crippen LogP contribution is 2.36. The van der Waals surface area contributed by atoms with E-state index in [9.17, 15) is 14.0 Å². The number of hydrogen-bond acceptors (Lipinski definition) is 4. The third-order valence-corrected chi connectivity index (χ3v) is 5.93. The Morgan fingerprint density at radius 1 is 1.11 bits per heavy atom. The van der Waals surface area contributed by atoms with Crippen molar-refractivity contribution in [3.8, 4) is 0 Å². The van der Waals surface area contributed by atoms with Crippen molar-refractivity contribution in [1.82, 2.24) is 9.80 Å². The van der Waals surface area contributed by atoms with Gasteiger partial charge in [0.2, 0.25) is 5.91 Å². The summed E-state index contributed by atoms with van der Waals surface area (Å²) in [7, 11) is 0. The molecule has 5 nitrogen and oxygen atoms in total. The summed E-state index contributed by atoms with van der Waals surface area (Å²) in [5.74, 6) is -0.583. The van der Waals surface area contributed by atoms with Crippen LogP contribution in [0.5, 0.6) is 0 Å². The molecule has 0 aromatic heterocycles. The SMILES string of the molecule is CCOC(=O)[C@]1(Cc2ccccc2F)CCCN(C(=O)CN2CCCCC2)C1. The lowest BCUT2D eigenvalue weighted by Crippen LogP contribution is -2.53. The molecular weight excluding hydrogens is 359 g/mol. The van der Waals surface area contributed by atoms with E-state index in [0.717, 1.165) is 32.4 Å². The third kappa shape index (κ3) is 4.90. The van der Waals surface area contributed by atoms with Crippen molar-refractivity contribution in [1.29, 1.82) is 0 Å². The number of carbonyl (C=O) groups is 2. The molecule has 0 saturated carbocycles. The first-order valence-electron chi connectivity index (χ1n) is 10.4. The fourth-order valence-corrected chi connectivity index (χ4v) is 4.43. The van der Waals surface area contributed by atoms with Crippen LogP contribution in [0.1, 0.15) is 44.6 Å². The topological polar surface area (TPSA) is 49.9 Å². The maximum absolute atomic E-state index is 14.3. The summed E-state index contributed by atoms with van der Waals surface area (Å²) < 4.78 is 19.7. The Morgan fingerprint density at radius 2 is 1.86 bits per heavy atom. The normalized spacial score (nSPS) is 23.4. The van der Waals surface area contributed by atoms with Crippen LogP contribution < -0.4 is 0 Å². The molecule has 1 aromatic carbocycles.